The van der Waals surface area contributed by atoms with Crippen LogP contribution in [0.25, 0.3) is 0 Å². The number of nitrogens with two attached hydrogens (primary N) is 1. The van der Waals surface area contributed by atoms with Gasteiger partial charge in [0.05, 0.1) is 7.57 Å². The van der Waals surface area contributed by atoms with E-state index in [4.69, 9.17) is 5.73 Å². The van der Waals surface area contributed by atoms with Crippen molar-refractivity contribution in [2.45, 2.75) is 12.5 Å². The zero-order valence-corrected chi connectivity index (χ0v) is 14.4. The summed E-state index contributed by atoms with van der Waals surface area (Å²) in [5.41, 5.74) is 8.62. The molecule has 90 valence electrons. The molecule has 0 saturated carbocycles. The molecule has 0 radical (unpaired) electrons. The molecule has 0 bridgehead atoms. The smallest absolute Gasteiger partial charge is 0.0758 e. The summed E-state index contributed by atoms with van der Waals surface area (Å²) in [6.45, 7) is 0. The maximum atomic E-state index is 6.23. The van der Waals surface area contributed by atoms with Gasteiger partial charge in [0.25, 0.3) is 0 Å². The Balaban J connectivity index is 2.16. The molecule has 0 fully saturated rings. The third-order valence-electron chi connectivity index (χ3n) is 2.43. The second kappa shape index (κ2) is 5.97. The van der Waals surface area contributed by atoms with Crippen LogP contribution in [0.15, 0.2) is 42.4 Å². The molecule has 17 heavy (non-hydrogen) atoms. The SMILES string of the molecule is NC(Cc1cccc(Br)c1)c1cc(Br)sc1Br. The number of hydrogen-bond acceptors (Lipinski definition) is 2. The minimum absolute atomic E-state index is 0.0150. The fourth-order valence-corrected chi connectivity index (χ4v) is 5.08. The van der Waals surface area contributed by atoms with Crippen molar-refractivity contribution in [3.8, 4) is 0 Å². The second-order valence-corrected chi connectivity index (χ2v) is 8.39. The van der Waals surface area contributed by atoms with Crippen molar-refractivity contribution in [3.05, 3.63) is 53.5 Å². The molecule has 2 aromatic rings. The molecule has 1 aromatic heterocycles. The lowest BCUT2D eigenvalue weighted by molar-refractivity contribution is 0.722. The van der Waals surface area contributed by atoms with Gasteiger partial charge in [-0.05, 0) is 67.6 Å². The number of thiophene rings is 1. The molecule has 1 aromatic carbocycles. The van der Waals surface area contributed by atoms with Gasteiger partial charge in [0.15, 0.2) is 0 Å². The van der Waals surface area contributed by atoms with Gasteiger partial charge in [0.2, 0.25) is 0 Å². The molecule has 5 heteroatoms. The molecule has 1 unspecified atom stereocenters. The molecule has 2 rings (SSSR count). The molecule has 1 atom stereocenters. The predicted octanol–water partition coefficient (Wildman–Crippen LogP) is 5.28. The second-order valence-electron chi connectivity index (χ2n) is 3.72. The van der Waals surface area contributed by atoms with E-state index in [0.717, 1.165) is 24.0 Å². The Morgan fingerprint density at radius 1 is 1.18 bits per heavy atom. The highest BCUT2D eigenvalue weighted by atomic mass is 79.9. The number of hydrogen-bond donors (Lipinski definition) is 1. The molecule has 0 aliphatic heterocycles. The average molecular weight is 440 g/mol. The summed E-state index contributed by atoms with van der Waals surface area (Å²) >= 11 is 12.1. The summed E-state index contributed by atoms with van der Waals surface area (Å²) in [7, 11) is 0. The van der Waals surface area contributed by atoms with Crippen LogP contribution in [0.5, 0.6) is 0 Å². The van der Waals surface area contributed by atoms with E-state index in [1.165, 1.54) is 5.56 Å². The van der Waals surface area contributed by atoms with E-state index in [1.54, 1.807) is 11.3 Å². The first-order valence-corrected chi connectivity index (χ1v) is 8.20. The van der Waals surface area contributed by atoms with Crippen LogP contribution in [0.4, 0.5) is 0 Å². The first-order chi connectivity index (χ1) is 8.06. The highest BCUT2D eigenvalue weighted by molar-refractivity contribution is 9.12. The van der Waals surface area contributed by atoms with Crippen molar-refractivity contribution in [1.29, 1.82) is 0 Å². The van der Waals surface area contributed by atoms with Crippen LogP contribution in [0.2, 0.25) is 0 Å². The molecule has 0 amide bonds. The monoisotopic (exact) mass is 437 g/mol. The Morgan fingerprint density at radius 2 is 1.94 bits per heavy atom. The summed E-state index contributed by atoms with van der Waals surface area (Å²) < 4.78 is 3.30. The van der Waals surface area contributed by atoms with E-state index >= 15 is 0 Å². The van der Waals surface area contributed by atoms with Crippen LogP contribution in [-0.4, -0.2) is 0 Å². The van der Waals surface area contributed by atoms with Crippen LogP contribution < -0.4 is 5.73 Å². The molecule has 1 nitrogen and oxygen atoms in total. The van der Waals surface area contributed by atoms with Gasteiger partial charge in [-0.25, -0.2) is 0 Å². The van der Waals surface area contributed by atoms with E-state index in [9.17, 15) is 0 Å². The van der Waals surface area contributed by atoms with Crippen molar-refractivity contribution in [2.75, 3.05) is 0 Å². The van der Waals surface area contributed by atoms with Gasteiger partial charge in [-0.1, -0.05) is 28.1 Å². The van der Waals surface area contributed by atoms with Crippen molar-refractivity contribution in [3.63, 3.8) is 0 Å². The van der Waals surface area contributed by atoms with Crippen LogP contribution in [0.1, 0.15) is 17.2 Å². The Bertz CT molecular complexity index is 524. The third kappa shape index (κ3) is 3.64. The van der Waals surface area contributed by atoms with Crippen LogP contribution in [0, 0.1) is 0 Å². The quantitative estimate of drug-likeness (QED) is 0.691. The lowest BCUT2D eigenvalue weighted by Gasteiger charge is -2.11. The predicted molar refractivity (Wildman–Crippen MR) is 84.5 cm³/mol. The number of benzene rings is 1. The molecule has 1 heterocycles. The average Bonchev–Trinajstić information content (AvgIpc) is 2.58. The van der Waals surface area contributed by atoms with Gasteiger partial charge in [0, 0.05) is 10.5 Å². The maximum absolute atomic E-state index is 6.23. The number of halogens is 3. The zero-order valence-electron chi connectivity index (χ0n) is 8.79. The van der Waals surface area contributed by atoms with Gasteiger partial charge < -0.3 is 5.73 Å². The number of rotatable bonds is 3. The Kier molecular flexibility index (Phi) is 4.83. The van der Waals surface area contributed by atoms with Gasteiger partial charge in [0.1, 0.15) is 0 Å². The fraction of sp³-hybridized carbons (Fsp3) is 0.167. The minimum Gasteiger partial charge on any atom is -0.324 e. The van der Waals surface area contributed by atoms with E-state index in [-0.39, 0.29) is 6.04 Å². The van der Waals surface area contributed by atoms with E-state index < -0.39 is 0 Å². The minimum atomic E-state index is 0.0150. The lowest BCUT2D eigenvalue weighted by Crippen LogP contribution is -2.12. The van der Waals surface area contributed by atoms with Gasteiger partial charge in [-0.2, -0.15) is 0 Å². The first-order valence-electron chi connectivity index (χ1n) is 5.01. The molecular weight excluding hydrogens is 430 g/mol. The molecule has 0 aliphatic rings. The van der Waals surface area contributed by atoms with E-state index in [2.05, 4.69) is 66.0 Å². The van der Waals surface area contributed by atoms with Gasteiger partial charge in [-0.3, -0.25) is 0 Å². The lowest BCUT2D eigenvalue weighted by atomic mass is 10.0. The molecule has 2 N–H and O–H groups in total. The summed E-state index contributed by atoms with van der Waals surface area (Å²) in [5, 5.41) is 0. The Labute approximate surface area is 130 Å². The van der Waals surface area contributed by atoms with Crippen LogP contribution in [-0.2, 0) is 6.42 Å². The standard InChI is InChI=1S/C12H10Br3NS/c13-8-3-1-2-7(4-8)5-10(16)9-6-11(14)17-12(9)15/h1-4,6,10H,5,16H2. The largest absolute Gasteiger partial charge is 0.324 e. The normalized spacial score (nSPS) is 12.7. The van der Waals surface area contributed by atoms with Gasteiger partial charge in [-0.15, -0.1) is 11.3 Å². The van der Waals surface area contributed by atoms with Crippen molar-refractivity contribution in [1.82, 2.24) is 0 Å². The van der Waals surface area contributed by atoms with E-state index in [0.29, 0.717) is 0 Å². The summed E-state index contributed by atoms with van der Waals surface area (Å²) in [4.78, 5) is 0. The first kappa shape index (κ1) is 13.7. The molecular formula is C12H10Br3NS. The van der Waals surface area contributed by atoms with E-state index in [1.807, 2.05) is 12.1 Å². The third-order valence-corrected chi connectivity index (χ3v) is 5.31. The van der Waals surface area contributed by atoms with Gasteiger partial charge >= 0.3 is 0 Å². The molecule has 0 aliphatic carbocycles. The zero-order chi connectivity index (χ0) is 12.4. The van der Waals surface area contributed by atoms with Crippen LogP contribution >= 0.6 is 59.1 Å². The Hall–Kier alpha value is 0.320. The summed E-state index contributed by atoms with van der Waals surface area (Å²) in [6, 6.07) is 10.4. The summed E-state index contributed by atoms with van der Waals surface area (Å²) in [6.07, 6.45) is 0.835. The Morgan fingerprint density at radius 3 is 2.53 bits per heavy atom. The maximum Gasteiger partial charge on any atom is 0.0758 e. The summed E-state index contributed by atoms with van der Waals surface area (Å²) in [5.74, 6) is 0. The molecule has 0 saturated heterocycles. The van der Waals surface area contributed by atoms with Crippen LogP contribution in [0.3, 0.4) is 0 Å². The topological polar surface area (TPSA) is 26.0 Å². The molecule has 0 spiro atoms. The van der Waals surface area contributed by atoms with Crippen molar-refractivity contribution < 1.29 is 0 Å². The highest BCUT2D eigenvalue weighted by Crippen LogP contribution is 2.35. The van der Waals surface area contributed by atoms with Crippen molar-refractivity contribution >= 4 is 59.1 Å². The fourth-order valence-electron chi connectivity index (χ4n) is 1.63. The highest BCUT2D eigenvalue weighted by Gasteiger charge is 2.13. The van der Waals surface area contributed by atoms with Crippen molar-refractivity contribution in [2.24, 2.45) is 5.73 Å².